The molecule has 0 saturated carbocycles. The molecule has 1 heterocycles. The quantitative estimate of drug-likeness (QED) is 0.745. The van der Waals surface area contributed by atoms with E-state index in [2.05, 4.69) is 17.4 Å². The third-order valence-electron chi connectivity index (χ3n) is 4.80. The number of rotatable bonds is 8. The standard InChI is InChI=1S/C22H28N2O3/c1-3-26-20-12-18-10-11-24(15-19(18)13-21(20)27-4-2)16-22(25)23-14-17-8-6-5-7-9-17/h5-9,12-13H,3-4,10-11,14-16H2,1-2H3,(H,23,25)/p+1. The van der Waals surface area contributed by atoms with Crippen LogP contribution in [0.4, 0.5) is 0 Å². The van der Waals surface area contributed by atoms with E-state index in [0.717, 1.165) is 36.6 Å². The molecular weight excluding hydrogens is 340 g/mol. The maximum atomic E-state index is 12.3. The van der Waals surface area contributed by atoms with Crippen LogP contribution in [0.15, 0.2) is 42.5 Å². The Kier molecular flexibility index (Phi) is 6.71. The fourth-order valence-corrected chi connectivity index (χ4v) is 3.48. The number of hydrogen-bond donors (Lipinski definition) is 2. The van der Waals surface area contributed by atoms with E-state index >= 15 is 0 Å². The maximum Gasteiger partial charge on any atom is 0.275 e. The van der Waals surface area contributed by atoms with Crippen molar-refractivity contribution in [1.29, 1.82) is 0 Å². The molecule has 1 unspecified atom stereocenters. The summed E-state index contributed by atoms with van der Waals surface area (Å²) in [5.74, 6) is 1.71. The maximum absolute atomic E-state index is 12.3. The number of quaternary nitrogens is 1. The molecule has 0 aromatic heterocycles. The molecule has 0 radical (unpaired) electrons. The number of fused-ring (bicyclic) bond motifs is 1. The van der Waals surface area contributed by atoms with Crippen molar-refractivity contribution < 1.29 is 19.2 Å². The molecule has 0 aliphatic carbocycles. The van der Waals surface area contributed by atoms with E-state index in [1.807, 2.05) is 44.2 Å². The Hall–Kier alpha value is -2.53. The van der Waals surface area contributed by atoms with Crippen LogP contribution in [-0.2, 0) is 24.3 Å². The van der Waals surface area contributed by atoms with E-state index in [0.29, 0.717) is 26.3 Å². The number of nitrogens with one attached hydrogen (secondary N) is 2. The average molecular weight is 369 g/mol. The van der Waals surface area contributed by atoms with Crippen LogP contribution in [-0.4, -0.2) is 32.2 Å². The first-order chi connectivity index (χ1) is 13.2. The van der Waals surface area contributed by atoms with Gasteiger partial charge in [0.1, 0.15) is 6.54 Å². The summed E-state index contributed by atoms with van der Waals surface area (Å²) in [4.78, 5) is 13.6. The lowest BCUT2D eigenvalue weighted by atomic mass is 9.98. The van der Waals surface area contributed by atoms with Gasteiger partial charge in [0.25, 0.3) is 5.91 Å². The molecule has 2 aromatic carbocycles. The molecule has 1 amide bonds. The predicted molar refractivity (Wildman–Crippen MR) is 105 cm³/mol. The van der Waals surface area contributed by atoms with Crippen molar-refractivity contribution >= 4 is 5.91 Å². The van der Waals surface area contributed by atoms with Crippen molar-refractivity contribution in [3.8, 4) is 11.5 Å². The van der Waals surface area contributed by atoms with Crippen LogP contribution < -0.4 is 19.7 Å². The molecule has 0 saturated heterocycles. The van der Waals surface area contributed by atoms with Gasteiger partial charge in [-0.3, -0.25) is 4.79 Å². The van der Waals surface area contributed by atoms with Gasteiger partial charge in [0.05, 0.1) is 19.8 Å². The van der Waals surface area contributed by atoms with Crippen LogP contribution in [0, 0.1) is 0 Å². The highest BCUT2D eigenvalue weighted by Crippen LogP contribution is 2.32. The number of amides is 1. The summed E-state index contributed by atoms with van der Waals surface area (Å²) >= 11 is 0. The van der Waals surface area contributed by atoms with Gasteiger partial charge in [-0.2, -0.15) is 0 Å². The molecule has 1 aliphatic rings. The Morgan fingerprint density at radius 2 is 1.70 bits per heavy atom. The highest BCUT2D eigenvalue weighted by atomic mass is 16.5. The van der Waals surface area contributed by atoms with Crippen molar-refractivity contribution in [1.82, 2.24) is 5.32 Å². The van der Waals surface area contributed by atoms with Crippen LogP contribution in [0.3, 0.4) is 0 Å². The predicted octanol–water partition coefficient (Wildman–Crippen LogP) is 1.74. The van der Waals surface area contributed by atoms with Crippen LogP contribution >= 0.6 is 0 Å². The summed E-state index contributed by atoms with van der Waals surface area (Å²) < 4.78 is 11.5. The minimum absolute atomic E-state index is 0.0910. The zero-order valence-electron chi connectivity index (χ0n) is 16.2. The van der Waals surface area contributed by atoms with Crippen molar-refractivity contribution in [2.24, 2.45) is 0 Å². The third-order valence-corrected chi connectivity index (χ3v) is 4.80. The first-order valence-corrected chi connectivity index (χ1v) is 9.75. The molecule has 1 aliphatic heterocycles. The van der Waals surface area contributed by atoms with Crippen LogP contribution in [0.1, 0.15) is 30.5 Å². The Morgan fingerprint density at radius 3 is 2.37 bits per heavy atom. The SMILES string of the molecule is CCOc1cc2c(cc1OCC)C[NH+](CC(=O)NCc1ccccc1)CC2. The summed E-state index contributed by atoms with van der Waals surface area (Å²) in [5, 5.41) is 3.02. The van der Waals surface area contributed by atoms with Gasteiger partial charge in [0, 0.05) is 18.5 Å². The molecule has 27 heavy (non-hydrogen) atoms. The Labute approximate surface area is 161 Å². The van der Waals surface area contributed by atoms with E-state index in [4.69, 9.17) is 9.47 Å². The zero-order valence-corrected chi connectivity index (χ0v) is 16.2. The highest BCUT2D eigenvalue weighted by molar-refractivity contribution is 5.76. The summed E-state index contributed by atoms with van der Waals surface area (Å²) in [6.45, 7) is 8.04. The number of carbonyl (C=O) groups is 1. The second-order valence-corrected chi connectivity index (χ2v) is 6.80. The van der Waals surface area contributed by atoms with Crippen molar-refractivity contribution in [2.75, 3.05) is 26.3 Å². The molecule has 144 valence electrons. The first kappa shape index (κ1) is 19.2. The second kappa shape index (κ2) is 9.42. The monoisotopic (exact) mass is 369 g/mol. The van der Waals surface area contributed by atoms with E-state index in [1.54, 1.807) is 0 Å². The lowest BCUT2D eigenvalue weighted by Crippen LogP contribution is -3.12. The molecule has 1 atom stereocenters. The minimum atomic E-state index is 0.0910. The van der Waals surface area contributed by atoms with Crippen molar-refractivity contribution in [2.45, 2.75) is 33.4 Å². The smallest absolute Gasteiger partial charge is 0.275 e. The highest BCUT2D eigenvalue weighted by Gasteiger charge is 2.24. The Morgan fingerprint density at radius 1 is 1.04 bits per heavy atom. The minimum Gasteiger partial charge on any atom is -0.490 e. The zero-order chi connectivity index (χ0) is 19.1. The molecule has 3 rings (SSSR count). The molecule has 5 heteroatoms. The van der Waals surface area contributed by atoms with Crippen molar-refractivity contribution in [3.63, 3.8) is 0 Å². The molecule has 2 N–H and O–H groups in total. The van der Waals surface area contributed by atoms with Gasteiger partial charge in [0.2, 0.25) is 0 Å². The van der Waals surface area contributed by atoms with Crippen LogP contribution in [0.2, 0.25) is 0 Å². The molecule has 2 aromatic rings. The molecule has 0 spiro atoms. The number of hydrogen-bond acceptors (Lipinski definition) is 3. The number of benzene rings is 2. The van der Waals surface area contributed by atoms with E-state index < -0.39 is 0 Å². The summed E-state index contributed by atoms with van der Waals surface area (Å²) in [7, 11) is 0. The second-order valence-electron chi connectivity index (χ2n) is 6.80. The molecule has 5 nitrogen and oxygen atoms in total. The number of ether oxygens (including phenoxy) is 2. The van der Waals surface area contributed by atoms with E-state index in [1.165, 1.54) is 16.0 Å². The van der Waals surface area contributed by atoms with Crippen LogP contribution in [0.25, 0.3) is 0 Å². The van der Waals surface area contributed by atoms with Gasteiger partial charge in [-0.25, -0.2) is 0 Å². The molecule has 0 fully saturated rings. The van der Waals surface area contributed by atoms with Crippen LogP contribution in [0.5, 0.6) is 11.5 Å². The lowest BCUT2D eigenvalue weighted by Gasteiger charge is -2.26. The van der Waals surface area contributed by atoms with Gasteiger partial charge >= 0.3 is 0 Å². The average Bonchev–Trinajstić information content (AvgIpc) is 2.68. The van der Waals surface area contributed by atoms with Gasteiger partial charge < -0.3 is 19.7 Å². The van der Waals surface area contributed by atoms with Gasteiger partial charge in [-0.1, -0.05) is 30.3 Å². The fourth-order valence-electron chi connectivity index (χ4n) is 3.48. The van der Waals surface area contributed by atoms with Gasteiger partial charge in [0.15, 0.2) is 18.0 Å². The summed E-state index contributed by atoms with van der Waals surface area (Å²) in [5.41, 5.74) is 3.67. The van der Waals surface area contributed by atoms with E-state index in [9.17, 15) is 4.79 Å². The summed E-state index contributed by atoms with van der Waals surface area (Å²) in [6, 6.07) is 14.2. The fraction of sp³-hybridized carbons (Fsp3) is 0.409. The van der Waals surface area contributed by atoms with Gasteiger partial charge in [-0.15, -0.1) is 0 Å². The lowest BCUT2D eigenvalue weighted by molar-refractivity contribution is -0.908. The Bertz CT molecular complexity index is 762. The number of carbonyl (C=O) groups excluding carboxylic acids is 1. The Balaban J connectivity index is 1.60. The van der Waals surface area contributed by atoms with Gasteiger partial charge in [-0.05, 0) is 37.1 Å². The largest absolute Gasteiger partial charge is 0.490 e. The summed E-state index contributed by atoms with van der Waals surface area (Å²) in [6.07, 6.45) is 0.948. The molecule has 0 bridgehead atoms. The molecular formula is C22H29N2O3+. The third kappa shape index (κ3) is 5.23. The first-order valence-electron chi connectivity index (χ1n) is 9.75. The topological polar surface area (TPSA) is 52.0 Å². The normalized spacial score (nSPS) is 15.7. The van der Waals surface area contributed by atoms with E-state index in [-0.39, 0.29) is 5.91 Å². The van der Waals surface area contributed by atoms with Crippen molar-refractivity contribution in [3.05, 3.63) is 59.2 Å².